The van der Waals surface area contributed by atoms with Gasteiger partial charge in [0.2, 0.25) is 25.9 Å². The number of rotatable bonds is 18. The van der Waals surface area contributed by atoms with Crippen molar-refractivity contribution in [2.75, 3.05) is 87.2 Å². The van der Waals surface area contributed by atoms with E-state index in [2.05, 4.69) is 44.4 Å². The molecule has 15 aromatic rings. The molecule has 0 radical (unpaired) electrons. The summed E-state index contributed by atoms with van der Waals surface area (Å²) >= 11 is 0. The molecule has 0 atom stereocenters. The number of aromatic nitrogens is 9. The standard InChI is InChI=1S/C21H19N3O4.C19H22F3N3O3.C19H21FN4O2S.C18H19FN4O2S.C16H12FNO3/c25-20-15(21(26)27)10-14-11-17(23-8-4-1-5-9-23)24(19(14)22-20)18-12-13-6-2-3-7-16(13)28-18;20-19(21,22)16-14(18(26)27)10-12-11-15(24-6-8-28-9-7-24)25(17(12)23-16)13-4-2-1-3-5-13;1-12(2)24(4)19-18(13-5-7-14(20)8-6-13)22-16-10-9-15(11-17(16)23-19)27(25,26)21-3;1-11(2)23(3)18-17(12-4-6-13(19)7-5-12)21-15-9-8-14(26(20,24)25)10-16(15)22-18;1-21-15-9-11-8-10(16(19)20)2-7-14(11)18(15)13-5-3-12(17)4-6-13/h2-3,6-7,10-12H,1,4-5,8-9H2,(H,22,25)(H,26,27);10-11,13H,1-9H2,(H,26,27);5-12,21H,1-4H3;4-11H,1-3H3,(H2,20,24,25);2-9H,1H3,(H,19,20). The highest BCUT2D eigenvalue weighted by Gasteiger charge is 2.40. The van der Waals surface area contributed by atoms with Crippen LogP contribution in [-0.4, -0.2) is 173 Å². The van der Waals surface area contributed by atoms with E-state index in [9.17, 15) is 72.6 Å². The van der Waals surface area contributed by atoms with Crippen molar-refractivity contribution in [2.24, 2.45) is 5.14 Å². The monoisotopic (exact) mass is 1820 g/mol. The van der Waals surface area contributed by atoms with E-state index in [1.807, 2.05) is 97.1 Å². The molecule has 0 bridgehead atoms. The number of aromatic carboxylic acids is 3. The maximum atomic E-state index is 13.5. The first-order valence-corrected chi connectivity index (χ1v) is 44.7. The van der Waals surface area contributed by atoms with Gasteiger partial charge in [-0.3, -0.25) is 13.9 Å². The zero-order chi connectivity index (χ0) is 92.9. The normalized spacial score (nSPS) is 13.9. The molecule has 3 fully saturated rings. The summed E-state index contributed by atoms with van der Waals surface area (Å²) in [5, 5.41) is 35.7. The summed E-state index contributed by atoms with van der Waals surface area (Å²) < 4.78 is 152. The van der Waals surface area contributed by atoms with E-state index >= 15 is 0 Å². The number of primary sulfonamides is 1. The zero-order valence-electron chi connectivity index (χ0n) is 71.9. The molecule has 130 heavy (non-hydrogen) atoms. The number of sulfonamides is 2. The molecule has 1 saturated carbocycles. The Morgan fingerprint density at radius 1 is 0.562 bits per heavy atom. The summed E-state index contributed by atoms with van der Waals surface area (Å²) in [6, 6.07) is 49.9. The third-order valence-electron chi connectivity index (χ3n) is 22.8. The van der Waals surface area contributed by atoms with Crippen LogP contribution < -0.4 is 39.8 Å². The van der Waals surface area contributed by atoms with E-state index in [0.717, 1.165) is 114 Å². The van der Waals surface area contributed by atoms with Crippen LogP contribution in [0.2, 0.25) is 0 Å². The number of pyridine rings is 2. The number of ether oxygens (including phenoxy) is 2. The number of hydrogen-bond donors (Lipinski definition) is 6. The van der Waals surface area contributed by atoms with Gasteiger partial charge in [-0.2, -0.15) is 13.2 Å². The predicted molar refractivity (Wildman–Crippen MR) is 485 cm³/mol. The number of furan rings is 1. The number of morpholine rings is 1. The maximum absolute atomic E-state index is 13.5. The number of fused-ring (bicyclic) bond motifs is 6. The van der Waals surface area contributed by atoms with Crippen LogP contribution in [0.1, 0.15) is 122 Å². The second-order valence-electron chi connectivity index (χ2n) is 31.8. The van der Waals surface area contributed by atoms with Gasteiger partial charge in [0.1, 0.15) is 62.9 Å². The van der Waals surface area contributed by atoms with Gasteiger partial charge < -0.3 is 58.4 Å². The number of para-hydroxylation sites is 1. The third-order valence-corrected chi connectivity index (χ3v) is 25.1. The zero-order valence-corrected chi connectivity index (χ0v) is 73.5. The number of nitrogens with one attached hydrogen (secondary N) is 2. The molecule has 7 N–H and O–H groups in total. The van der Waals surface area contributed by atoms with Crippen LogP contribution in [0.25, 0.3) is 100 Å². The number of benzene rings is 7. The summed E-state index contributed by atoms with van der Waals surface area (Å²) in [6.45, 7) is 12.2. The number of methoxy groups -OCH3 is 1. The van der Waals surface area contributed by atoms with Crippen molar-refractivity contribution >= 4 is 127 Å². The topological polar surface area (TPSA) is 375 Å². The lowest BCUT2D eigenvalue weighted by Crippen LogP contribution is -2.38. The number of carbonyl (C=O) groups is 3. The van der Waals surface area contributed by atoms with Gasteiger partial charge in [0.05, 0.1) is 68.8 Å². The van der Waals surface area contributed by atoms with Crippen LogP contribution in [0, 0.1) is 17.5 Å². The van der Waals surface area contributed by atoms with Crippen LogP contribution in [0.5, 0.6) is 5.88 Å². The fraction of sp³-hybridized carbons (Fsp3) is 0.280. The Balaban J connectivity index is 0.000000132. The lowest BCUT2D eigenvalue weighted by molar-refractivity contribution is -0.141. The van der Waals surface area contributed by atoms with Crippen LogP contribution >= 0.6 is 0 Å². The van der Waals surface area contributed by atoms with E-state index in [1.165, 1.54) is 93.4 Å². The number of carboxylic acid groups (broad SMARTS) is 3. The van der Waals surface area contributed by atoms with Crippen LogP contribution in [0.3, 0.4) is 0 Å². The van der Waals surface area contributed by atoms with Gasteiger partial charge in [-0.25, -0.2) is 79.2 Å². The molecule has 29 nitrogen and oxygen atoms in total. The number of halogens is 6. The molecule has 10 heterocycles. The largest absolute Gasteiger partial charge is 0.482 e. The Kier molecular flexibility index (Phi) is 27.5. The average molecular weight is 1820 g/mol. The molecular formula is C93H93F6N15O14S2. The number of alkyl halides is 3. The van der Waals surface area contributed by atoms with E-state index in [4.69, 9.17) is 24.1 Å². The van der Waals surface area contributed by atoms with E-state index in [-0.39, 0.29) is 62.1 Å². The SMILES string of the molecule is CC(C)N(C)c1nc2cc(S(N)(=O)=O)ccc2nc1-c1ccc(F)cc1.CNS(=O)(=O)c1ccc2nc(-c3ccc(F)cc3)c(N(C)C(C)C)nc2c1.COc1cc2cc(C(=O)O)ccc2n1-c1ccc(F)cc1.O=C(O)c1cc2cc(N3CCCCC3)n(-c3cc4ccccc4o3)c2[nH]c1=O.O=C(O)c1cc2cc(N3CCOCC3)n(C3CCCCC3)c2nc1C(F)(F)F. The Morgan fingerprint density at radius 3 is 1.62 bits per heavy atom. The Hall–Kier alpha value is -13.8. The van der Waals surface area contributed by atoms with Crippen LogP contribution in [-0.2, 0) is 31.0 Å². The van der Waals surface area contributed by atoms with Crippen molar-refractivity contribution in [1.82, 2.24) is 48.3 Å². The lowest BCUT2D eigenvalue weighted by Gasteiger charge is -2.33. The molecule has 678 valence electrons. The van der Waals surface area contributed by atoms with Gasteiger partial charge in [0, 0.05) is 109 Å². The molecule has 0 unspecified atom stereocenters. The molecule has 3 aliphatic rings. The number of anilines is 4. The number of carboxylic acids is 3. The second-order valence-corrected chi connectivity index (χ2v) is 35.3. The summed E-state index contributed by atoms with van der Waals surface area (Å²) in [5.74, 6) is -0.803. The van der Waals surface area contributed by atoms with E-state index < -0.39 is 60.9 Å². The number of aromatic amines is 1. The van der Waals surface area contributed by atoms with Gasteiger partial charge in [-0.05, 0) is 225 Å². The highest BCUT2D eigenvalue weighted by atomic mass is 32.2. The first kappa shape index (κ1) is 92.4. The highest BCUT2D eigenvalue weighted by Crippen LogP contribution is 2.42. The van der Waals surface area contributed by atoms with Gasteiger partial charge in [0.15, 0.2) is 23.2 Å². The lowest BCUT2D eigenvalue weighted by atomic mass is 9.95. The molecular weight excluding hydrogens is 1730 g/mol. The van der Waals surface area contributed by atoms with E-state index in [1.54, 1.807) is 77.4 Å². The van der Waals surface area contributed by atoms with Gasteiger partial charge in [-0.15, -0.1) is 0 Å². The minimum Gasteiger partial charge on any atom is -0.482 e. The van der Waals surface area contributed by atoms with Gasteiger partial charge in [0.25, 0.3) is 5.56 Å². The first-order valence-electron chi connectivity index (χ1n) is 41.7. The summed E-state index contributed by atoms with van der Waals surface area (Å²) in [7, 11) is -0.754. The van der Waals surface area contributed by atoms with Gasteiger partial charge in [-0.1, -0.05) is 37.5 Å². The quantitative estimate of drug-likeness (QED) is 0.0435. The fourth-order valence-corrected chi connectivity index (χ4v) is 16.9. The summed E-state index contributed by atoms with van der Waals surface area (Å²) in [5.41, 5.74) is 4.86. The third kappa shape index (κ3) is 20.2. The summed E-state index contributed by atoms with van der Waals surface area (Å²) in [4.78, 5) is 79.7. The van der Waals surface area contributed by atoms with Crippen molar-refractivity contribution in [2.45, 2.75) is 113 Å². The maximum Gasteiger partial charge on any atom is 0.434 e. The van der Waals surface area contributed by atoms with Crippen molar-refractivity contribution in [3.8, 4) is 40.0 Å². The highest BCUT2D eigenvalue weighted by molar-refractivity contribution is 7.89. The predicted octanol–water partition coefficient (Wildman–Crippen LogP) is 17.4. The molecule has 37 heteroatoms. The van der Waals surface area contributed by atoms with Gasteiger partial charge >= 0.3 is 24.1 Å². The Bertz CT molecular complexity index is 7020. The molecule has 8 aromatic heterocycles. The Morgan fingerprint density at radius 2 is 1.09 bits per heavy atom. The number of nitrogens with zero attached hydrogens (tertiary/aromatic N) is 12. The minimum atomic E-state index is -4.83. The van der Waals surface area contributed by atoms with E-state index in [0.29, 0.717) is 99.6 Å². The van der Waals surface area contributed by atoms with Crippen molar-refractivity contribution in [1.29, 1.82) is 0 Å². The first-order chi connectivity index (χ1) is 62.0. The molecule has 18 rings (SSSR count). The fourth-order valence-electron chi connectivity index (χ4n) is 15.6. The molecule has 7 aromatic carbocycles. The van der Waals surface area contributed by atoms with Crippen LogP contribution in [0.4, 0.5) is 49.6 Å². The van der Waals surface area contributed by atoms with Crippen molar-refractivity contribution in [3.63, 3.8) is 0 Å². The molecule has 0 spiro atoms. The number of H-pyrrole nitrogens is 1. The smallest absolute Gasteiger partial charge is 0.434 e. The Labute approximate surface area is 742 Å². The van der Waals surface area contributed by atoms with Crippen molar-refractivity contribution < 1.29 is 86.8 Å². The number of piperidine rings is 1. The molecule has 1 aliphatic carbocycles. The molecule has 0 amide bonds. The molecule has 2 aliphatic heterocycles. The van der Waals surface area contributed by atoms with Crippen LogP contribution in [0.15, 0.2) is 207 Å². The van der Waals surface area contributed by atoms with Crippen molar-refractivity contribution in [3.05, 3.63) is 238 Å². The number of nitrogens with two attached hydrogens (primary N) is 1. The number of hydrogen-bond acceptors (Lipinski definition) is 20. The second kappa shape index (κ2) is 38.7. The average Bonchev–Trinajstić information content (AvgIpc) is 1.60. The molecule has 2 saturated heterocycles. The summed E-state index contributed by atoms with van der Waals surface area (Å²) in [6.07, 6.45) is 3.47. The minimum absolute atomic E-state index is 0.0213.